The van der Waals surface area contributed by atoms with Crippen molar-refractivity contribution < 1.29 is 9.53 Å². The molecular formula is C31H35N3O3. The van der Waals surface area contributed by atoms with E-state index in [4.69, 9.17) is 9.72 Å². The van der Waals surface area contributed by atoms with E-state index in [0.29, 0.717) is 34.6 Å². The molecule has 0 saturated heterocycles. The van der Waals surface area contributed by atoms with E-state index in [1.807, 2.05) is 68.1 Å². The summed E-state index contributed by atoms with van der Waals surface area (Å²) < 4.78 is 6.97. The van der Waals surface area contributed by atoms with Crippen LogP contribution in [0.4, 0.5) is 0 Å². The van der Waals surface area contributed by atoms with Gasteiger partial charge in [0.15, 0.2) is 0 Å². The van der Waals surface area contributed by atoms with E-state index in [0.717, 1.165) is 36.1 Å². The Bertz CT molecular complexity index is 1460. The minimum Gasteiger partial charge on any atom is -0.497 e. The van der Waals surface area contributed by atoms with Crippen LogP contribution < -0.4 is 10.3 Å². The smallest absolute Gasteiger partial charge is 0.266 e. The van der Waals surface area contributed by atoms with Gasteiger partial charge in [0, 0.05) is 12.1 Å². The van der Waals surface area contributed by atoms with Crippen LogP contribution in [0.3, 0.4) is 0 Å². The van der Waals surface area contributed by atoms with Gasteiger partial charge in [-0.3, -0.25) is 14.2 Å². The number of unbranched alkanes of at least 4 members (excludes halogenated alkanes) is 2. The molecule has 0 aliphatic carbocycles. The molecule has 4 aromatic rings. The van der Waals surface area contributed by atoms with Gasteiger partial charge in [0.1, 0.15) is 11.6 Å². The predicted molar refractivity (Wildman–Crippen MR) is 149 cm³/mol. The Labute approximate surface area is 218 Å². The van der Waals surface area contributed by atoms with Crippen molar-refractivity contribution in [1.29, 1.82) is 0 Å². The molecule has 1 heterocycles. The van der Waals surface area contributed by atoms with E-state index < -0.39 is 6.04 Å². The van der Waals surface area contributed by atoms with Crippen LogP contribution in [0.2, 0.25) is 0 Å². The lowest BCUT2D eigenvalue weighted by Gasteiger charge is -2.31. The average Bonchev–Trinajstić information content (AvgIpc) is 2.92. The Kier molecular flexibility index (Phi) is 8.07. The Hall–Kier alpha value is -3.93. The number of amides is 1. The molecule has 37 heavy (non-hydrogen) atoms. The van der Waals surface area contributed by atoms with Crippen LogP contribution in [0.1, 0.15) is 66.5 Å². The van der Waals surface area contributed by atoms with E-state index in [1.165, 1.54) is 0 Å². The molecule has 3 aromatic carbocycles. The summed E-state index contributed by atoms with van der Waals surface area (Å²) in [6.45, 7) is 8.67. The van der Waals surface area contributed by atoms with Gasteiger partial charge >= 0.3 is 0 Å². The first-order valence-electron chi connectivity index (χ1n) is 12.9. The van der Waals surface area contributed by atoms with Gasteiger partial charge in [0.25, 0.3) is 11.5 Å². The summed E-state index contributed by atoms with van der Waals surface area (Å²) in [7, 11) is 1.61. The quantitative estimate of drug-likeness (QED) is 0.251. The number of rotatable bonds is 9. The number of carbonyl (C=O) groups is 1. The van der Waals surface area contributed by atoms with Crippen molar-refractivity contribution in [2.75, 3.05) is 13.7 Å². The zero-order valence-electron chi connectivity index (χ0n) is 22.3. The van der Waals surface area contributed by atoms with Gasteiger partial charge in [-0.25, -0.2) is 4.98 Å². The van der Waals surface area contributed by atoms with E-state index in [-0.39, 0.29) is 11.5 Å². The van der Waals surface area contributed by atoms with Gasteiger partial charge in [0.05, 0.1) is 29.7 Å². The Balaban J connectivity index is 1.89. The molecule has 1 aromatic heterocycles. The van der Waals surface area contributed by atoms with Crippen LogP contribution in [0.15, 0.2) is 71.5 Å². The van der Waals surface area contributed by atoms with Gasteiger partial charge in [-0.05, 0) is 80.8 Å². The zero-order chi connectivity index (χ0) is 26.5. The summed E-state index contributed by atoms with van der Waals surface area (Å²) in [5.41, 5.74) is 3.87. The van der Waals surface area contributed by atoms with Gasteiger partial charge in [-0.15, -0.1) is 0 Å². The van der Waals surface area contributed by atoms with Crippen molar-refractivity contribution in [2.45, 2.75) is 53.0 Å². The molecule has 0 spiro atoms. The summed E-state index contributed by atoms with van der Waals surface area (Å²) in [6.07, 6.45) is 2.92. The van der Waals surface area contributed by atoms with Crippen LogP contribution in [0, 0.1) is 13.8 Å². The number of ether oxygens (including phenoxy) is 1. The van der Waals surface area contributed by atoms with Crippen molar-refractivity contribution >= 4 is 16.8 Å². The minimum absolute atomic E-state index is 0.0961. The minimum atomic E-state index is -0.441. The number of aryl methyl sites for hydroxylation is 2. The van der Waals surface area contributed by atoms with Crippen LogP contribution in [0.25, 0.3) is 16.6 Å². The fourth-order valence-corrected chi connectivity index (χ4v) is 4.67. The third-order valence-corrected chi connectivity index (χ3v) is 6.85. The highest BCUT2D eigenvalue weighted by atomic mass is 16.5. The highest BCUT2D eigenvalue weighted by molar-refractivity contribution is 5.94. The number of carbonyl (C=O) groups excluding carboxylic acids is 1. The number of fused-ring (bicyclic) bond motifs is 1. The maximum absolute atomic E-state index is 13.9. The Morgan fingerprint density at radius 2 is 1.76 bits per heavy atom. The average molecular weight is 498 g/mol. The van der Waals surface area contributed by atoms with Gasteiger partial charge in [0.2, 0.25) is 0 Å². The van der Waals surface area contributed by atoms with Crippen molar-refractivity contribution in [2.24, 2.45) is 0 Å². The molecule has 6 nitrogen and oxygen atoms in total. The van der Waals surface area contributed by atoms with Crippen LogP contribution in [-0.2, 0) is 0 Å². The Morgan fingerprint density at radius 3 is 2.46 bits per heavy atom. The van der Waals surface area contributed by atoms with E-state index >= 15 is 0 Å². The SMILES string of the molecule is CCCCCN(C(=O)c1ccc(OC)cc1)C(C)c1nc2ccccc2c(=O)n1-c1cc(C)ccc1C. The van der Waals surface area contributed by atoms with E-state index in [2.05, 4.69) is 6.92 Å². The molecular weight excluding hydrogens is 462 g/mol. The lowest BCUT2D eigenvalue weighted by Crippen LogP contribution is -2.38. The maximum Gasteiger partial charge on any atom is 0.266 e. The second-order valence-electron chi connectivity index (χ2n) is 9.53. The number of aromatic nitrogens is 2. The first-order chi connectivity index (χ1) is 17.8. The summed E-state index contributed by atoms with van der Waals surface area (Å²) in [5.74, 6) is 1.15. The van der Waals surface area contributed by atoms with Crippen LogP contribution in [0.5, 0.6) is 5.75 Å². The molecule has 0 N–H and O–H groups in total. The topological polar surface area (TPSA) is 64.4 Å². The number of methoxy groups -OCH3 is 1. The molecule has 192 valence electrons. The number of para-hydroxylation sites is 1. The predicted octanol–water partition coefficient (Wildman–Crippen LogP) is 6.40. The molecule has 0 aliphatic rings. The highest BCUT2D eigenvalue weighted by Crippen LogP contribution is 2.27. The second-order valence-corrected chi connectivity index (χ2v) is 9.53. The van der Waals surface area contributed by atoms with Crippen molar-refractivity contribution in [3.05, 3.63) is 99.6 Å². The maximum atomic E-state index is 13.9. The van der Waals surface area contributed by atoms with Crippen molar-refractivity contribution in [3.63, 3.8) is 0 Å². The number of hydrogen-bond acceptors (Lipinski definition) is 4. The zero-order valence-corrected chi connectivity index (χ0v) is 22.3. The fourth-order valence-electron chi connectivity index (χ4n) is 4.67. The summed E-state index contributed by atoms with van der Waals surface area (Å²) in [6, 6.07) is 20.2. The lowest BCUT2D eigenvalue weighted by atomic mass is 10.1. The number of benzene rings is 3. The fraction of sp³-hybridized carbons (Fsp3) is 0.323. The molecule has 6 heteroatoms. The van der Waals surface area contributed by atoms with Crippen molar-refractivity contribution in [1.82, 2.24) is 14.5 Å². The lowest BCUT2D eigenvalue weighted by molar-refractivity contribution is 0.0677. The van der Waals surface area contributed by atoms with Crippen LogP contribution in [-0.4, -0.2) is 34.0 Å². The van der Waals surface area contributed by atoms with Gasteiger partial charge in [-0.1, -0.05) is 44.0 Å². The van der Waals surface area contributed by atoms with E-state index in [1.54, 1.807) is 35.9 Å². The first-order valence-corrected chi connectivity index (χ1v) is 12.9. The van der Waals surface area contributed by atoms with Gasteiger partial charge < -0.3 is 9.64 Å². The second kappa shape index (κ2) is 11.4. The molecule has 0 aliphatic heterocycles. The van der Waals surface area contributed by atoms with Crippen molar-refractivity contribution in [3.8, 4) is 11.4 Å². The summed E-state index contributed by atoms with van der Waals surface area (Å²) in [4.78, 5) is 34.6. The molecule has 1 amide bonds. The largest absolute Gasteiger partial charge is 0.497 e. The number of hydrogen-bond donors (Lipinski definition) is 0. The monoisotopic (exact) mass is 497 g/mol. The van der Waals surface area contributed by atoms with E-state index in [9.17, 15) is 9.59 Å². The third-order valence-electron chi connectivity index (χ3n) is 6.85. The Morgan fingerprint density at radius 1 is 1.03 bits per heavy atom. The molecule has 0 saturated carbocycles. The normalized spacial score (nSPS) is 11.9. The molecule has 1 atom stereocenters. The molecule has 0 fully saturated rings. The number of nitrogens with zero attached hydrogens (tertiary/aromatic N) is 3. The highest BCUT2D eigenvalue weighted by Gasteiger charge is 2.28. The molecule has 1 unspecified atom stereocenters. The molecule has 0 radical (unpaired) electrons. The molecule has 4 rings (SSSR count). The van der Waals surface area contributed by atoms with Crippen LogP contribution >= 0.6 is 0 Å². The standard InChI is InChI=1S/C31H35N3O3/c1-6-7-10-19-33(30(35)24-15-17-25(37-5)18-16-24)23(4)29-32-27-12-9-8-11-26(27)31(36)34(29)28-20-21(2)13-14-22(28)3/h8-9,11-18,20,23H,6-7,10,19H2,1-5H3. The first kappa shape index (κ1) is 26.1. The summed E-state index contributed by atoms with van der Waals surface area (Å²) in [5, 5.41) is 0.554. The van der Waals surface area contributed by atoms with Gasteiger partial charge in [-0.2, -0.15) is 0 Å². The molecule has 0 bridgehead atoms. The summed E-state index contributed by atoms with van der Waals surface area (Å²) >= 11 is 0. The third kappa shape index (κ3) is 5.43.